The predicted octanol–water partition coefficient (Wildman–Crippen LogP) is 4.92. The summed E-state index contributed by atoms with van der Waals surface area (Å²) < 4.78 is 38.4. The lowest BCUT2D eigenvalue weighted by Crippen LogP contribution is -2.54. The van der Waals surface area contributed by atoms with Gasteiger partial charge in [-0.3, -0.25) is 4.79 Å². The van der Waals surface area contributed by atoms with Crippen LogP contribution in [0.4, 0.5) is 23.7 Å². The molecule has 1 N–H and O–H groups in total. The van der Waals surface area contributed by atoms with E-state index in [1.807, 2.05) is 30.3 Å². The van der Waals surface area contributed by atoms with Crippen molar-refractivity contribution in [2.24, 2.45) is 0 Å². The number of benzene rings is 2. The third kappa shape index (κ3) is 4.51. The van der Waals surface area contributed by atoms with Crippen molar-refractivity contribution in [2.75, 3.05) is 30.7 Å². The molecule has 2 aromatic rings. The summed E-state index contributed by atoms with van der Waals surface area (Å²) in [5.74, 6) is 0.503. The maximum Gasteiger partial charge on any atom is 0.416 e. The number of thioether (sulfide) groups is 1. The van der Waals surface area contributed by atoms with E-state index < -0.39 is 16.6 Å². The minimum absolute atomic E-state index is 0.176. The van der Waals surface area contributed by atoms with Gasteiger partial charge in [0.2, 0.25) is 0 Å². The second kappa shape index (κ2) is 8.45. The quantitative estimate of drug-likeness (QED) is 0.708. The summed E-state index contributed by atoms with van der Waals surface area (Å²) in [6, 6.07) is 13.4. The minimum atomic E-state index is -4.43. The van der Waals surface area contributed by atoms with Gasteiger partial charge in [0.25, 0.3) is 5.91 Å². The maximum atomic E-state index is 13.1. The van der Waals surface area contributed by atoms with Crippen molar-refractivity contribution >= 4 is 29.4 Å². The van der Waals surface area contributed by atoms with Crippen molar-refractivity contribution in [1.29, 1.82) is 0 Å². The lowest BCUT2D eigenvalue weighted by atomic mass is 10.0. The number of carbonyl (C=O) groups is 2. The SMILES string of the molecule is O=C(Nc1ccccc1)N1CCC2(CC1)SCCN2C(=O)c1ccc(C(F)(F)F)cc1. The van der Waals surface area contributed by atoms with E-state index in [0.29, 0.717) is 32.5 Å². The molecule has 2 heterocycles. The highest BCUT2D eigenvalue weighted by molar-refractivity contribution is 8.00. The van der Waals surface area contributed by atoms with Crippen LogP contribution in [0.15, 0.2) is 54.6 Å². The third-order valence-corrected chi connectivity index (χ3v) is 7.29. The van der Waals surface area contributed by atoms with Gasteiger partial charge < -0.3 is 15.1 Å². The van der Waals surface area contributed by atoms with Crippen LogP contribution in [-0.2, 0) is 6.18 Å². The van der Waals surface area contributed by atoms with Gasteiger partial charge in [0.1, 0.15) is 0 Å². The summed E-state index contributed by atoms with van der Waals surface area (Å²) in [5.41, 5.74) is 0.202. The number of urea groups is 1. The van der Waals surface area contributed by atoms with Crippen molar-refractivity contribution in [3.63, 3.8) is 0 Å². The number of hydrogen-bond donors (Lipinski definition) is 1. The zero-order valence-corrected chi connectivity index (χ0v) is 17.5. The van der Waals surface area contributed by atoms with E-state index >= 15 is 0 Å². The maximum absolute atomic E-state index is 13.1. The molecule has 4 rings (SSSR count). The number of para-hydroxylation sites is 1. The molecule has 0 unspecified atom stereocenters. The molecule has 9 heteroatoms. The highest BCUT2D eigenvalue weighted by atomic mass is 32.2. The normalized spacial score (nSPS) is 18.3. The number of nitrogens with one attached hydrogen (secondary N) is 1. The number of piperidine rings is 1. The highest BCUT2D eigenvalue weighted by Crippen LogP contribution is 2.44. The average molecular weight is 449 g/mol. The van der Waals surface area contributed by atoms with Crippen LogP contribution in [-0.4, -0.2) is 52.0 Å². The lowest BCUT2D eigenvalue weighted by Gasteiger charge is -2.44. The van der Waals surface area contributed by atoms with E-state index in [9.17, 15) is 22.8 Å². The molecule has 0 bridgehead atoms. The molecule has 1 spiro atoms. The van der Waals surface area contributed by atoms with Gasteiger partial charge in [0.15, 0.2) is 0 Å². The number of likely N-dealkylation sites (tertiary alicyclic amines) is 1. The summed E-state index contributed by atoms with van der Waals surface area (Å²) in [5, 5.41) is 2.88. The molecule has 31 heavy (non-hydrogen) atoms. The van der Waals surface area contributed by atoms with Gasteiger partial charge in [-0.25, -0.2) is 4.79 Å². The fourth-order valence-corrected chi connectivity index (χ4v) is 5.51. The van der Waals surface area contributed by atoms with Crippen LogP contribution < -0.4 is 5.32 Å². The molecule has 2 fully saturated rings. The first-order valence-corrected chi connectivity index (χ1v) is 11.0. The molecule has 5 nitrogen and oxygen atoms in total. The van der Waals surface area contributed by atoms with Crippen molar-refractivity contribution < 1.29 is 22.8 Å². The molecule has 2 aliphatic heterocycles. The highest BCUT2D eigenvalue weighted by Gasteiger charge is 2.47. The third-order valence-electron chi connectivity index (χ3n) is 5.74. The standard InChI is InChI=1S/C22H22F3N3O2S/c23-22(24,25)17-8-6-16(7-9-17)19(29)28-14-15-31-21(28)10-12-27(13-11-21)20(30)26-18-4-2-1-3-5-18/h1-9H,10-15H2,(H,26,30). The van der Waals surface area contributed by atoms with Gasteiger partial charge in [-0.2, -0.15) is 13.2 Å². The van der Waals surface area contributed by atoms with Crippen molar-refractivity contribution in [2.45, 2.75) is 23.9 Å². The number of halogens is 3. The summed E-state index contributed by atoms with van der Waals surface area (Å²) in [6.07, 6.45) is -3.20. The Bertz CT molecular complexity index is 943. The van der Waals surface area contributed by atoms with E-state index in [1.54, 1.807) is 21.6 Å². The first-order chi connectivity index (χ1) is 14.8. The molecule has 2 saturated heterocycles. The fraction of sp³-hybridized carbons (Fsp3) is 0.364. The number of alkyl halides is 3. The number of amides is 3. The van der Waals surface area contributed by atoms with Crippen LogP contribution in [0.5, 0.6) is 0 Å². The Labute approximate surface area is 182 Å². The van der Waals surface area contributed by atoms with Gasteiger partial charge >= 0.3 is 12.2 Å². The number of carbonyl (C=O) groups excluding carboxylic acids is 2. The monoisotopic (exact) mass is 449 g/mol. The number of hydrogen-bond acceptors (Lipinski definition) is 3. The van der Waals surface area contributed by atoms with Crippen LogP contribution in [0.1, 0.15) is 28.8 Å². The van der Waals surface area contributed by atoms with Gasteiger partial charge in [0.05, 0.1) is 10.4 Å². The van der Waals surface area contributed by atoms with E-state index in [-0.39, 0.29) is 17.5 Å². The summed E-state index contributed by atoms with van der Waals surface area (Å²) >= 11 is 1.69. The Hall–Kier alpha value is -2.68. The number of anilines is 1. The summed E-state index contributed by atoms with van der Waals surface area (Å²) in [6.45, 7) is 1.55. The molecule has 0 radical (unpaired) electrons. The Morgan fingerprint density at radius 3 is 2.19 bits per heavy atom. The second-order valence-electron chi connectivity index (χ2n) is 7.61. The van der Waals surface area contributed by atoms with E-state index in [2.05, 4.69) is 5.32 Å². The Kier molecular flexibility index (Phi) is 5.88. The average Bonchev–Trinajstić information content (AvgIpc) is 3.16. The van der Waals surface area contributed by atoms with E-state index in [4.69, 9.17) is 0 Å². The number of rotatable bonds is 2. The minimum Gasteiger partial charge on any atom is -0.324 e. The Morgan fingerprint density at radius 1 is 0.935 bits per heavy atom. The van der Waals surface area contributed by atoms with Gasteiger partial charge in [-0.1, -0.05) is 18.2 Å². The molecule has 0 aliphatic carbocycles. The Morgan fingerprint density at radius 2 is 1.58 bits per heavy atom. The largest absolute Gasteiger partial charge is 0.416 e. The van der Waals surface area contributed by atoms with Crippen LogP contribution in [0, 0.1) is 0 Å². The molecule has 0 atom stereocenters. The van der Waals surface area contributed by atoms with Crippen LogP contribution in [0.3, 0.4) is 0 Å². The molecular formula is C22H22F3N3O2S. The van der Waals surface area contributed by atoms with E-state index in [1.165, 1.54) is 12.1 Å². The number of nitrogens with zero attached hydrogens (tertiary/aromatic N) is 2. The predicted molar refractivity (Wildman–Crippen MR) is 114 cm³/mol. The zero-order valence-electron chi connectivity index (χ0n) is 16.7. The lowest BCUT2D eigenvalue weighted by molar-refractivity contribution is -0.137. The molecule has 0 aromatic heterocycles. The van der Waals surface area contributed by atoms with Crippen molar-refractivity contribution in [3.05, 3.63) is 65.7 Å². The van der Waals surface area contributed by atoms with Crippen LogP contribution in [0.2, 0.25) is 0 Å². The van der Waals surface area contributed by atoms with E-state index in [0.717, 1.165) is 23.6 Å². The molecule has 0 saturated carbocycles. The summed E-state index contributed by atoms with van der Waals surface area (Å²) in [7, 11) is 0. The molecule has 2 aromatic carbocycles. The smallest absolute Gasteiger partial charge is 0.324 e. The molecule has 2 aliphatic rings. The van der Waals surface area contributed by atoms with Gasteiger partial charge in [0, 0.05) is 36.6 Å². The molecule has 3 amide bonds. The first-order valence-electron chi connectivity index (χ1n) is 10.0. The molecule has 164 valence electrons. The van der Waals surface area contributed by atoms with Gasteiger partial charge in [-0.15, -0.1) is 11.8 Å². The van der Waals surface area contributed by atoms with Crippen LogP contribution >= 0.6 is 11.8 Å². The van der Waals surface area contributed by atoms with Gasteiger partial charge in [-0.05, 0) is 49.2 Å². The van der Waals surface area contributed by atoms with Crippen molar-refractivity contribution in [1.82, 2.24) is 9.80 Å². The first kappa shape index (κ1) is 21.5. The fourth-order valence-electron chi connectivity index (χ4n) is 4.05. The van der Waals surface area contributed by atoms with Crippen LogP contribution in [0.25, 0.3) is 0 Å². The topological polar surface area (TPSA) is 52.7 Å². The second-order valence-corrected chi connectivity index (χ2v) is 9.07. The zero-order chi connectivity index (χ0) is 22.1. The molecular weight excluding hydrogens is 427 g/mol. The Balaban J connectivity index is 1.41. The van der Waals surface area contributed by atoms with Crippen molar-refractivity contribution in [3.8, 4) is 0 Å². The summed E-state index contributed by atoms with van der Waals surface area (Å²) in [4.78, 5) is 28.7.